The van der Waals surface area contributed by atoms with Crippen molar-refractivity contribution in [3.8, 4) is 0 Å². The number of carbonyl (C=O) groups excluding carboxylic acids is 8. The lowest BCUT2D eigenvalue weighted by atomic mass is 9.86. The monoisotopic (exact) mass is 1150 g/mol. The van der Waals surface area contributed by atoms with Gasteiger partial charge in [0.2, 0.25) is 4.93 Å². The Morgan fingerprint density at radius 3 is 1.67 bits per heavy atom. The van der Waals surface area contributed by atoms with E-state index >= 15 is 0 Å². The topological polar surface area (TPSA) is 368 Å². The number of carboxylic acid groups (broad SMARTS) is 2. The fourth-order valence-electron chi connectivity index (χ4n) is 7.57. The van der Waals surface area contributed by atoms with Crippen LogP contribution in [0.4, 0.5) is 26.3 Å². The Morgan fingerprint density at radius 2 is 1.19 bits per heavy atom. The predicted molar refractivity (Wildman–Crippen MR) is 244 cm³/mol. The van der Waals surface area contributed by atoms with Gasteiger partial charge in [-0.15, -0.1) is 0 Å². The molecule has 432 valence electrons. The first kappa shape index (κ1) is 65.2. The Kier molecular flexibility index (Phi) is 23.4. The molecule has 0 radical (unpaired) electrons. The van der Waals surface area contributed by atoms with E-state index in [-0.39, 0.29) is 12.0 Å². The number of nitrogens with two attached hydrogens (primary N) is 2. The highest BCUT2D eigenvalue weighted by Gasteiger charge is 2.63. The number of hydrogen-bond donors (Lipinski definition) is 5. The Labute approximate surface area is 442 Å². The fraction of sp³-hybridized carbons (Fsp3) is 0.522. The summed E-state index contributed by atoms with van der Waals surface area (Å²) < 4.78 is 122. The molecule has 0 aromatic heterocycles. The number of alkyl halides is 6. The summed E-state index contributed by atoms with van der Waals surface area (Å²) in [5.41, 5.74) is 13.7. The number of amides is 1. The Balaban J connectivity index is 0.00000101. The molecule has 0 saturated carbocycles. The lowest BCUT2D eigenvalue weighted by Crippen LogP contribution is -2.74. The molecular formula is C46H53F6N3O22S. The van der Waals surface area contributed by atoms with Crippen LogP contribution in [0.3, 0.4) is 0 Å². The minimum Gasteiger partial charge on any atom is -0.475 e. The number of ether oxygens (including phenoxy) is 10. The lowest BCUT2D eigenvalue weighted by Gasteiger charge is -2.52. The van der Waals surface area contributed by atoms with Gasteiger partial charge in [-0.25, -0.2) is 19.2 Å². The summed E-state index contributed by atoms with van der Waals surface area (Å²) in [4.78, 5) is 120. The predicted octanol–water partition coefficient (Wildman–Crippen LogP) is 1.87. The van der Waals surface area contributed by atoms with Crippen molar-refractivity contribution in [3.05, 3.63) is 66.2 Å². The molecule has 78 heavy (non-hydrogen) atoms. The largest absolute Gasteiger partial charge is 0.490 e. The molecule has 2 aromatic rings. The van der Waals surface area contributed by atoms with Gasteiger partial charge in [0.15, 0.2) is 18.3 Å². The van der Waals surface area contributed by atoms with Gasteiger partial charge in [0.1, 0.15) is 37.1 Å². The van der Waals surface area contributed by atoms with Crippen LogP contribution >= 0.6 is 11.8 Å². The van der Waals surface area contributed by atoms with Gasteiger partial charge in [0.05, 0.1) is 31.2 Å². The molecule has 0 unspecified atom stereocenters. The number of halogens is 6. The van der Waals surface area contributed by atoms with Gasteiger partial charge in [-0.2, -0.15) is 26.3 Å². The molecule has 3 heterocycles. The van der Waals surface area contributed by atoms with Crippen LogP contribution in [0.25, 0.3) is 0 Å². The maximum absolute atomic E-state index is 14.1. The van der Waals surface area contributed by atoms with Crippen molar-refractivity contribution in [3.63, 3.8) is 0 Å². The normalized spacial score (nSPS) is 25.9. The zero-order valence-electron chi connectivity index (χ0n) is 41.8. The molecule has 2 aromatic carbocycles. The molecule has 25 nitrogen and oxygen atoms in total. The van der Waals surface area contributed by atoms with Crippen LogP contribution in [0.15, 0.2) is 65.6 Å². The molecule has 32 heteroatoms. The van der Waals surface area contributed by atoms with E-state index in [0.717, 1.165) is 53.5 Å². The van der Waals surface area contributed by atoms with Crippen molar-refractivity contribution in [1.82, 2.24) is 5.32 Å². The summed E-state index contributed by atoms with van der Waals surface area (Å²) in [6.45, 7) is 4.17. The van der Waals surface area contributed by atoms with Gasteiger partial charge >= 0.3 is 66.1 Å². The van der Waals surface area contributed by atoms with E-state index in [1.54, 1.807) is 48.5 Å². The van der Waals surface area contributed by atoms with Crippen molar-refractivity contribution in [2.24, 2.45) is 11.5 Å². The number of aliphatic carboxylic acids is 2. The number of nitrogens with one attached hydrogen (secondary N) is 1. The van der Waals surface area contributed by atoms with E-state index in [1.807, 2.05) is 0 Å². The average Bonchev–Trinajstić information content (AvgIpc) is 3.35. The van der Waals surface area contributed by atoms with Crippen molar-refractivity contribution >= 4 is 71.4 Å². The third kappa shape index (κ3) is 18.5. The minimum atomic E-state index is -5.08. The zero-order valence-corrected chi connectivity index (χ0v) is 42.6. The number of methoxy groups -OCH3 is 1. The highest BCUT2D eigenvalue weighted by molar-refractivity contribution is 8.01. The maximum Gasteiger partial charge on any atom is 0.490 e. The number of morpholine rings is 1. The first-order chi connectivity index (χ1) is 36.2. The van der Waals surface area contributed by atoms with Crippen LogP contribution < -0.4 is 16.8 Å². The fourth-order valence-corrected chi connectivity index (χ4v) is 8.82. The Bertz CT molecular complexity index is 2450. The van der Waals surface area contributed by atoms with E-state index < -0.39 is 163 Å². The number of carbonyl (C=O) groups is 10. The molecule has 3 aliphatic rings. The van der Waals surface area contributed by atoms with Gasteiger partial charge in [0, 0.05) is 52.5 Å². The average molecular weight is 1150 g/mol. The van der Waals surface area contributed by atoms with Gasteiger partial charge in [0.25, 0.3) is 11.7 Å². The summed E-state index contributed by atoms with van der Waals surface area (Å²) in [5.74, 6) is -15.1. The summed E-state index contributed by atoms with van der Waals surface area (Å²) >= 11 is 0.919. The molecule has 1 spiro atoms. The van der Waals surface area contributed by atoms with E-state index in [2.05, 4.69) is 5.32 Å². The quantitative estimate of drug-likeness (QED) is 0.0965. The lowest BCUT2D eigenvalue weighted by molar-refractivity contribution is -0.333. The second-order valence-corrected chi connectivity index (χ2v) is 18.0. The van der Waals surface area contributed by atoms with E-state index in [0.29, 0.717) is 4.90 Å². The van der Waals surface area contributed by atoms with Crippen molar-refractivity contribution in [2.75, 3.05) is 20.3 Å². The molecule has 7 N–H and O–H groups in total. The number of hydrogen-bond acceptors (Lipinski definition) is 23. The second kappa shape index (κ2) is 28.0. The number of carboxylic acids is 2. The van der Waals surface area contributed by atoms with Crippen molar-refractivity contribution < 1.29 is 132 Å². The van der Waals surface area contributed by atoms with Crippen molar-refractivity contribution in [1.29, 1.82) is 0 Å². The van der Waals surface area contributed by atoms with Crippen LogP contribution in [0.5, 0.6) is 0 Å². The first-order valence-corrected chi connectivity index (χ1v) is 23.3. The number of rotatable bonds is 15. The van der Waals surface area contributed by atoms with Crippen LogP contribution in [-0.2, 0) is 90.5 Å². The second-order valence-electron chi connectivity index (χ2n) is 16.7. The molecule has 5 rings (SSSR count). The highest BCUT2D eigenvalue weighted by atomic mass is 32.2. The molecule has 3 fully saturated rings. The molecular weight excluding hydrogens is 1090 g/mol. The first-order valence-electron chi connectivity index (χ1n) is 22.5. The van der Waals surface area contributed by atoms with Crippen LogP contribution in [0.1, 0.15) is 57.8 Å². The zero-order chi connectivity index (χ0) is 59.1. The van der Waals surface area contributed by atoms with E-state index in [9.17, 15) is 64.7 Å². The summed E-state index contributed by atoms with van der Waals surface area (Å²) in [7, 11) is 1.13. The third-order valence-corrected chi connectivity index (χ3v) is 12.0. The third-order valence-electron chi connectivity index (χ3n) is 10.7. The SMILES string of the molecule is COC(=O)[C@@]1(Sc2ccccc2)C[C@H](OC(=O)c2ccccc2)[C@@H](N)[C@H]([C@H](OC(C)=O)[C@H]2CNC(=O)[C@]3(C[C@H](OC(C)=O)[C@@H](N)[C@H]([C@H](OC(C)=O)[C@@H](COC(C)=O)OC(C)=O)O3)O2)O1.O=C(O)C(F)(F)F.O=C(O)C(F)(F)F. The molecule has 1 amide bonds. The maximum atomic E-state index is 14.1. The van der Waals surface area contributed by atoms with Gasteiger partial charge < -0.3 is 74.4 Å². The van der Waals surface area contributed by atoms with Crippen LogP contribution in [-0.4, -0.2) is 174 Å². The molecule has 3 saturated heterocycles. The van der Waals surface area contributed by atoms with Crippen molar-refractivity contribution in [2.45, 2.75) is 136 Å². The minimum absolute atomic E-state index is 0.161. The van der Waals surface area contributed by atoms with Gasteiger partial charge in [-0.05, 0) is 24.3 Å². The molecule has 3 aliphatic heterocycles. The van der Waals surface area contributed by atoms with Gasteiger partial charge in [-0.1, -0.05) is 48.2 Å². The molecule has 12 atom stereocenters. The Hall–Kier alpha value is -7.13. The standard InChI is InChI=1S/C42H51N3O18S.2C2HF3O2/c1-21(46)55-20-31(57-23(3)48)35(59-25(5)50)36-32(43)28(56-22(2)47)17-41(62-36)39(52)45-19-30(61-41)34(58-24(4)49)37-33(44)29(60-38(51)26-13-9-7-10-14-26)18-42(63-37,40(53)54-6)64-27-15-11-8-12-16-27;2*3-2(4,5)1(6)7/h7-16,28-37H,17-20,43-44H2,1-6H3,(H,45,52);2*(H,6,7)/t28-,29-,30+,31+,32+,33+,34+,35+,36+,37+,41+,42-;;/m0../s1. The van der Waals surface area contributed by atoms with Crippen LogP contribution in [0.2, 0.25) is 0 Å². The number of esters is 7. The Morgan fingerprint density at radius 1 is 0.692 bits per heavy atom. The van der Waals surface area contributed by atoms with Crippen LogP contribution in [0, 0.1) is 0 Å². The summed E-state index contributed by atoms with van der Waals surface area (Å²) in [5, 5.41) is 16.9. The highest BCUT2D eigenvalue weighted by Crippen LogP contribution is 2.46. The van der Waals surface area contributed by atoms with E-state index in [1.165, 1.54) is 12.1 Å². The smallest absolute Gasteiger partial charge is 0.475 e. The molecule has 0 aliphatic carbocycles. The van der Waals surface area contributed by atoms with Gasteiger partial charge in [-0.3, -0.25) is 28.8 Å². The molecule has 0 bridgehead atoms. The summed E-state index contributed by atoms with van der Waals surface area (Å²) in [6.07, 6.45) is -23.7. The van der Waals surface area contributed by atoms with E-state index in [4.69, 9.17) is 78.6 Å². The number of benzene rings is 2. The number of thioether (sulfide) groups is 1. The summed E-state index contributed by atoms with van der Waals surface area (Å²) in [6, 6.07) is 13.7.